The van der Waals surface area contributed by atoms with Crippen molar-refractivity contribution in [2.45, 2.75) is 12.8 Å². The molecule has 0 spiro atoms. The van der Waals surface area contributed by atoms with Gasteiger partial charge in [0.05, 0.1) is 19.9 Å². The first kappa shape index (κ1) is 16.8. The zero-order chi connectivity index (χ0) is 16.3. The average Bonchev–Trinajstić information content (AvgIpc) is 2.81. The number of nitrogen functional groups attached to an aromatic ring is 1. The summed E-state index contributed by atoms with van der Waals surface area (Å²) >= 11 is 0. The fourth-order valence-corrected chi connectivity index (χ4v) is 2.40. The van der Waals surface area contributed by atoms with E-state index in [-0.39, 0.29) is 30.6 Å². The molecular formula is C11H20N5O5P. The molecule has 2 rings (SSSR count). The van der Waals surface area contributed by atoms with Gasteiger partial charge in [-0.3, -0.25) is 18.8 Å². The smallest absolute Gasteiger partial charge is 0.280 e. The van der Waals surface area contributed by atoms with Crippen LogP contribution in [0.5, 0.6) is 0 Å². The summed E-state index contributed by atoms with van der Waals surface area (Å²) in [5.74, 6) is 0.346. The van der Waals surface area contributed by atoms with Crippen LogP contribution in [0, 0.1) is 0 Å². The zero-order valence-electron chi connectivity index (χ0n) is 12.4. The Balaban J connectivity index is 2.09. The molecule has 2 heterocycles. The lowest BCUT2D eigenvalue weighted by Crippen LogP contribution is -2.39. The van der Waals surface area contributed by atoms with Gasteiger partial charge in [-0.15, -0.1) is 0 Å². The molecule has 2 unspecified atom stereocenters. The molecule has 1 aromatic rings. The Morgan fingerprint density at radius 3 is 2.86 bits per heavy atom. The molecular weight excluding hydrogens is 313 g/mol. The number of hydrogen-bond acceptors (Lipinski definition) is 9. The zero-order valence-corrected chi connectivity index (χ0v) is 13.6. The molecule has 0 amide bonds. The normalized spacial score (nSPS) is 15.8. The molecule has 0 saturated heterocycles. The minimum atomic E-state index is -1.26. The first-order valence-electron chi connectivity index (χ1n) is 6.66. The molecule has 10 nitrogen and oxygen atoms in total. The largest absolute Gasteiger partial charge is 0.369 e. The number of fused-ring (bicyclic) bond motifs is 1. The predicted octanol–water partition coefficient (Wildman–Crippen LogP) is -1.05. The topological polar surface area (TPSA) is 123 Å². The van der Waals surface area contributed by atoms with Crippen LogP contribution in [0.4, 0.5) is 17.5 Å². The van der Waals surface area contributed by atoms with Crippen LogP contribution in [0.15, 0.2) is 4.79 Å². The molecule has 22 heavy (non-hydrogen) atoms. The quantitative estimate of drug-likeness (QED) is 0.365. The van der Waals surface area contributed by atoms with E-state index in [2.05, 4.69) is 4.98 Å². The summed E-state index contributed by atoms with van der Waals surface area (Å²) in [6, 6.07) is 0. The van der Waals surface area contributed by atoms with E-state index in [4.69, 9.17) is 15.0 Å². The number of aliphatic hydroxyl groups excluding tert-OH is 1. The maximum atomic E-state index is 12.2. The summed E-state index contributed by atoms with van der Waals surface area (Å²) in [6.07, 6.45) is -0.767. The van der Waals surface area contributed by atoms with Crippen LogP contribution in [0.25, 0.3) is 0 Å². The van der Waals surface area contributed by atoms with E-state index in [0.29, 0.717) is 18.7 Å². The Bertz CT molecular complexity index is 609. The van der Waals surface area contributed by atoms with Crippen LogP contribution in [-0.2, 0) is 20.9 Å². The van der Waals surface area contributed by atoms with E-state index in [1.165, 1.54) is 16.5 Å². The van der Waals surface area contributed by atoms with Crippen molar-refractivity contribution in [3.8, 4) is 0 Å². The Morgan fingerprint density at radius 1 is 1.45 bits per heavy atom. The standard InChI is InChI=1S/C11H20N5O5P/c1-14-6-16(11(18)20-4-3-5-21-22-19)8-7(14)9(17)15(2)10(12)13-8/h11,18H,3-6,22H2,1-2H3,(H2,12,13). The van der Waals surface area contributed by atoms with E-state index in [1.807, 2.05) is 0 Å². The lowest BCUT2D eigenvalue weighted by Gasteiger charge is -2.24. The number of hydrogen-bond donors (Lipinski definition) is 2. The van der Waals surface area contributed by atoms with Crippen molar-refractivity contribution in [3.05, 3.63) is 10.4 Å². The van der Waals surface area contributed by atoms with Gasteiger partial charge >= 0.3 is 0 Å². The molecule has 3 N–H and O–H groups in total. The molecule has 0 radical (unpaired) electrons. The van der Waals surface area contributed by atoms with Gasteiger partial charge in [0.2, 0.25) is 12.4 Å². The summed E-state index contributed by atoms with van der Waals surface area (Å²) in [7, 11) is 2.02. The molecule has 1 aliphatic heterocycles. The van der Waals surface area contributed by atoms with Crippen LogP contribution in [0.3, 0.4) is 0 Å². The minimum Gasteiger partial charge on any atom is -0.369 e. The average molecular weight is 333 g/mol. The summed E-state index contributed by atoms with van der Waals surface area (Å²) in [5, 5.41) is 10.1. The Kier molecular flexibility index (Phi) is 5.41. The van der Waals surface area contributed by atoms with Crippen molar-refractivity contribution < 1.29 is 18.9 Å². The second-order valence-corrected chi connectivity index (χ2v) is 5.36. The number of aliphatic hydroxyl groups is 1. The second kappa shape index (κ2) is 7.10. The molecule has 0 aliphatic carbocycles. The molecule has 1 aromatic heterocycles. The third-order valence-corrected chi connectivity index (χ3v) is 3.68. The maximum Gasteiger partial charge on any atom is 0.280 e. The van der Waals surface area contributed by atoms with Gasteiger partial charge in [0.1, 0.15) is 5.69 Å². The molecule has 0 saturated carbocycles. The number of nitrogens with two attached hydrogens (primary N) is 1. The maximum absolute atomic E-state index is 12.2. The van der Waals surface area contributed by atoms with Gasteiger partial charge in [-0.25, -0.2) is 0 Å². The minimum absolute atomic E-state index is 0.0584. The number of anilines is 3. The lowest BCUT2D eigenvalue weighted by molar-refractivity contribution is -0.100. The van der Waals surface area contributed by atoms with Gasteiger partial charge in [0, 0.05) is 14.1 Å². The van der Waals surface area contributed by atoms with Gasteiger partial charge in [-0.1, -0.05) is 0 Å². The van der Waals surface area contributed by atoms with Gasteiger partial charge in [0.15, 0.2) is 14.5 Å². The van der Waals surface area contributed by atoms with Crippen molar-refractivity contribution in [2.75, 3.05) is 42.5 Å². The number of ether oxygens (including phenoxy) is 1. The van der Waals surface area contributed by atoms with E-state index in [0.717, 1.165) is 0 Å². The highest BCUT2D eigenvalue weighted by molar-refractivity contribution is 7.17. The van der Waals surface area contributed by atoms with Crippen molar-refractivity contribution in [2.24, 2.45) is 7.05 Å². The van der Waals surface area contributed by atoms with Crippen molar-refractivity contribution in [1.29, 1.82) is 0 Å². The fraction of sp³-hybridized carbons (Fsp3) is 0.636. The Hall–Kier alpha value is -1.61. The molecule has 0 aromatic carbocycles. The number of aromatic nitrogens is 2. The second-order valence-electron chi connectivity index (χ2n) is 4.83. The SMILES string of the molecule is CN1CN(C(O)OCCCO[PH2]=O)c2nc(N)n(C)c(=O)c21. The molecule has 0 fully saturated rings. The highest BCUT2D eigenvalue weighted by Crippen LogP contribution is 2.31. The van der Waals surface area contributed by atoms with Crippen molar-refractivity contribution in [1.82, 2.24) is 9.55 Å². The van der Waals surface area contributed by atoms with E-state index in [1.54, 1.807) is 11.9 Å². The third-order valence-electron chi connectivity index (χ3n) is 3.31. The summed E-state index contributed by atoms with van der Waals surface area (Å²) in [6.45, 7) is 0.771. The van der Waals surface area contributed by atoms with E-state index < -0.39 is 15.1 Å². The van der Waals surface area contributed by atoms with Crippen LogP contribution in [0.2, 0.25) is 0 Å². The first-order chi connectivity index (χ1) is 10.5. The highest BCUT2D eigenvalue weighted by atomic mass is 31.1. The van der Waals surface area contributed by atoms with Crippen LogP contribution in [0.1, 0.15) is 6.42 Å². The Labute approximate surface area is 128 Å². The van der Waals surface area contributed by atoms with Gasteiger partial charge in [-0.05, 0) is 6.42 Å². The van der Waals surface area contributed by atoms with Crippen LogP contribution >= 0.6 is 8.69 Å². The molecule has 2 atom stereocenters. The van der Waals surface area contributed by atoms with Crippen molar-refractivity contribution in [3.63, 3.8) is 0 Å². The number of nitrogens with zero attached hydrogens (tertiary/aromatic N) is 4. The van der Waals surface area contributed by atoms with Gasteiger partial charge in [-0.2, -0.15) is 4.98 Å². The van der Waals surface area contributed by atoms with E-state index >= 15 is 0 Å². The Morgan fingerprint density at radius 2 is 2.18 bits per heavy atom. The first-order valence-corrected chi connectivity index (χ1v) is 7.60. The van der Waals surface area contributed by atoms with Crippen LogP contribution in [-0.4, -0.2) is 48.0 Å². The molecule has 1 aliphatic rings. The van der Waals surface area contributed by atoms with Gasteiger partial charge in [0.25, 0.3) is 5.56 Å². The number of rotatable bonds is 7. The predicted molar refractivity (Wildman–Crippen MR) is 82.6 cm³/mol. The van der Waals surface area contributed by atoms with Gasteiger partial charge < -0.3 is 25.0 Å². The monoisotopic (exact) mass is 333 g/mol. The highest BCUT2D eigenvalue weighted by Gasteiger charge is 2.33. The molecule has 0 bridgehead atoms. The summed E-state index contributed by atoms with van der Waals surface area (Å²) < 4.78 is 21.5. The fourth-order valence-electron chi connectivity index (χ4n) is 2.14. The summed E-state index contributed by atoms with van der Waals surface area (Å²) in [4.78, 5) is 19.5. The van der Waals surface area contributed by atoms with Crippen molar-refractivity contribution >= 4 is 26.1 Å². The van der Waals surface area contributed by atoms with E-state index in [9.17, 15) is 14.5 Å². The molecule has 11 heteroatoms. The molecule has 124 valence electrons. The lowest BCUT2D eigenvalue weighted by atomic mass is 10.4. The summed E-state index contributed by atoms with van der Waals surface area (Å²) in [5.41, 5.74) is 5.77. The van der Waals surface area contributed by atoms with Crippen LogP contribution < -0.4 is 21.1 Å². The third kappa shape index (κ3) is 3.25.